The maximum Gasteiger partial charge on any atom is 0.287 e. The van der Waals surface area contributed by atoms with Crippen LogP contribution in [0.25, 0.3) is 0 Å². The van der Waals surface area contributed by atoms with E-state index >= 15 is 0 Å². The number of sulfonamides is 1. The van der Waals surface area contributed by atoms with Crippen LogP contribution >= 0.6 is 15.9 Å². The standard InChI is InChI=1S/C7H9BrN4O2S/c8-4-1-2-5(9)6(3-4)15(13,14)12-7(10)11/h1-3H,9H2,(H4,10,11,12). The van der Waals surface area contributed by atoms with Crippen molar-refractivity contribution in [2.24, 2.45) is 15.9 Å². The molecule has 0 aliphatic heterocycles. The van der Waals surface area contributed by atoms with E-state index in [0.717, 1.165) is 0 Å². The molecular weight excluding hydrogens is 284 g/mol. The molecule has 0 aliphatic rings. The Hall–Kier alpha value is -1.28. The highest BCUT2D eigenvalue weighted by Crippen LogP contribution is 2.24. The predicted octanol–water partition coefficient (Wildman–Crippen LogP) is -0.00660. The minimum absolute atomic E-state index is 0.0863. The van der Waals surface area contributed by atoms with Gasteiger partial charge in [0.15, 0.2) is 0 Å². The average molecular weight is 293 g/mol. The molecule has 0 unspecified atom stereocenters. The highest BCUT2D eigenvalue weighted by atomic mass is 79.9. The molecule has 0 spiro atoms. The van der Waals surface area contributed by atoms with E-state index in [1.807, 2.05) is 0 Å². The van der Waals surface area contributed by atoms with E-state index in [-0.39, 0.29) is 10.6 Å². The van der Waals surface area contributed by atoms with E-state index in [4.69, 9.17) is 17.2 Å². The lowest BCUT2D eigenvalue weighted by molar-refractivity contribution is 0.598. The molecule has 15 heavy (non-hydrogen) atoms. The molecule has 0 aromatic heterocycles. The van der Waals surface area contributed by atoms with Crippen LogP contribution < -0.4 is 17.2 Å². The summed E-state index contributed by atoms with van der Waals surface area (Å²) in [7, 11) is -3.93. The van der Waals surface area contributed by atoms with Crippen LogP contribution in [0.4, 0.5) is 5.69 Å². The lowest BCUT2D eigenvalue weighted by Crippen LogP contribution is -2.24. The molecule has 0 aliphatic carbocycles. The van der Waals surface area contributed by atoms with Gasteiger partial charge in [0, 0.05) is 4.47 Å². The van der Waals surface area contributed by atoms with Gasteiger partial charge in [-0.1, -0.05) is 15.9 Å². The van der Waals surface area contributed by atoms with Gasteiger partial charge in [0.05, 0.1) is 5.69 Å². The third kappa shape index (κ3) is 2.83. The van der Waals surface area contributed by atoms with Crippen molar-refractivity contribution in [2.75, 3.05) is 5.73 Å². The quantitative estimate of drug-likeness (QED) is 0.402. The number of benzene rings is 1. The number of nitrogens with two attached hydrogens (primary N) is 3. The maximum absolute atomic E-state index is 11.6. The Bertz CT molecular complexity index is 508. The van der Waals surface area contributed by atoms with Crippen molar-refractivity contribution in [1.29, 1.82) is 0 Å². The summed E-state index contributed by atoms with van der Waals surface area (Å²) in [6.45, 7) is 0. The number of rotatable bonds is 2. The first-order valence-electron chi connectivity index (χ1n) is 3.74. The normalized spacial score (nSPS) is 11.0. The Morgan fingerprint density at radius 3 is 2.47 bits per heavy atom. The SMILES string of the molecule is NC(N)=NS(=O)(=O)c1cc(Br)ccc1N. The monoisotopic (exact) mass is 292 g/mol. The first kappa shape index (κ1) is 11.8. The molecule has 6 nitrogen and oxygen atoms in total. The summed E-state index contributed by atoms with van der Waals surface area (Å²) in [5.74, 6) is -0.533. The fraction of sp³-hybridized carbons (Fsp3) is 0. The van der Waals surface area contributed by atoms with Gasteiger partial charge >= 0.3 is 0 Å². The Labute approximate surface area is 95.3 Å². The van der Waals surface area contributed by atoms with Gasteiger partial charge in [-0.2, -0.15) is 8.42 Å². The van der Waals surface area contributed by atoms with Crippen LogP contribution in [-0.2, 0) is 10.0 Å². The number of hydrogen-bond acceptors (Lipinski definition) is 3. The minimum Gasteiger partial charge on any atom is -0.398 e. The molecular formula is C7H9BrN4O2S. The van der Waals surface area contributed by atoms with Gasteiger partial charge in [-0.25, -0.2) is 0 Å². The van der Waals surface area contributed by atoms with E-state index in [1.165, 1.54) is 12.1 Å². The molecule has 0 amide bonds. The van der Waals surface area contributed by atoms with Crippen molar-refractivity contribution in [2.45, 2.75) is 4.90 Å². The van der Waals surface area contributed by atoms with Gasteiger partial charge < -0.3 is 17.2 Å². The summed E-state index contributed by atoms with van der Waals surface area (Å²) in [6, 6.07) is 4.39. The van der Waals surface area contributed by atoms with Gasteiger partial charge in [-0.15, -0.1) is 4.40 Å². The van der Waals surface area contributed by atoms with Crippen LogP contribution in [0.15, 0.2) is 32.0 Å². The second-order valence-electron chi connectivity index (χ2n) is 2.67. The fourth-order valence-electron chi connectivity index (χ4n) is 0.920. The van der Waals surface area contributed by atoms with Crippen molar-refractivity contribution in [3.05, 3.63) is 22.7 Å². The molecule has 8 heteroatoms. The molecule has 0 heterocycles. The summed E-state index contributed by atoms with van der Waals surface area (Å²) in [6.07, 6.45) is 0. The molecule has 0 bridgehead atoms. The number of anilines is 1. The first-order valence-corrected chi connectivity index (χ1v) is 5.97. The zero-order valence-corrected chi connectivity index (χ0v) is 9.92. The molecule has 82 valence electrons. The summed E-state index contributed by atoms with van der Waals surface area (Å²) in [5.41, 5.74) is 15.6. The molecule has 0 saturated heterocycles. The topological polar surface area (TPSA) is 125 Å². The zero-order valence-electron chi connectivity index (χ0n) is 7.51. The van der Waals surface area contributed by atoms with Crippen molar-refractivity contribution in [3.8, 4) is 0 Å². The molecule has 0 radical (unpaired) electrons. The third-order valence-corrected chi connectivity index (χ3v) is 3.33. The van der Waals surface area contributed by atoms with Gasteiger partial charge in [0.25, 0.3) is 10.0 Å². The molecule has 1 rings (SSSR count). The van der Waals surface area contributed by atoms with Crippen LogP contribution in [0.5, 0.6) is 0 Å². The van der Waals surface area contributed by atoms with Crippen LogP contribution in [0.2, 0.25) is 0 Å². The van der Waals surface area contributed by atoms with E-state index in [1.54, 1.807) is 6.07 Å². The van der Waals surface area contributed by atoms with Crippen LogP contribution in [0.3, 0.4) is 0 Å². The van der Waals surface area contributed by atoms with E-state index in [0.29, 0.717) is 4.47 Å². The number of hydrogen-bond donors (Lipinski definition) is 3. The van der Waals surface area contributed by atoms with Crippen molar-refractivity contribution in [3.63, 3.8) is 0 Å². The zero-order chi connectivity index (χ0) is 11.6. The van der Waals surface area contributed by atoms with Crippen molar-refractivity contribution >= 4 is 37.6 Å². The van der Waals surface area contributed by atoms with Gasteiger partial charge in [-0.05, 0) is 18.2 Å². The second-order valence-corrected chi connectivity index (χ2v) is 5.16. The summed E-state index contributed by atoms with van der Waals surface area (Å²) in [5, 5.41) is 0. The van der Waals surface area contributed by atoms with Crippen molar-refractivity contribution < 1.29 is 8.42 Å². The highest BCUT2D eigenvalue weighted by Gasteiger charge is 2.16. The number of halogens is 1. The molecule has 0 atom stereocenters. The third-order valence-electron chi connectivity index (χ3n) is 1.48. The number of nitrogen functional groups attached to an aromatic ring is 1. The molecule has 0 saturated carbocycles. The minimum atomic E-state index is -3.93. The van der Waals surface area contributed by atoms with E-state index in [9.17, 15) is 8.42 Å². The lowest BCUT2D eigenvalue weighted by Gasteiger charge is -2.03. The van der Waals surface area contributed by atoms with E-state index in [2.05, 4.69) is 20.3 Å². The van der Waals surface area contributed by atoms with Gasteiger partial charge in [-0.3, -0.25) is 0 Å². The van der Waals surface area contributed by atoms with Gasteiger partial charge in [0.2, 0.25) is 5.96 Å². The smallest absolute Gasteiger partial charge is 0.287 e. The molecule has 1 aromatic carbocycles. The van der Waals surface area contributed by atoms with Crippen LogP contribution in [0, 0.1) is 0 Å². The van der Waals surface area contributed by atoms with Crippen molar-refractivity contribution in [1.82, 2.24) is 0 Å². The molecule has 6 N–H and O–H groups in total. The summed E-state index contributed by atoms with van der Waals surface area (Å²) >= 11 is 3.12. The van der Waals surface area contributed by atoms with Crippen LogP contribution in [-0.4, -0.2) is 14.4 Å². The fourth-order valence-corrected chi connectivity index (χ4v) is 2.45. The average Bonchev–Trinajstić information content (AvgIpc) is 2.06. The van der Waals surface area contributed by atoms with E-state index < -0.39 is 16.0 Å². The largest absolute Gasteiger partial charge is 0.398 e. The van der Waals surface area contributed by atoms with Gasteiger partial charge in [0.1, 0.15) is 4.90 Å². The first-order chi connectivity index (χ1) is 6.83. The predicted molar refractivity (Wildman–Crippen MR) is 61.5 cm³/mol. The van der Waals surface area contributed by atoms with Crippen LogP contribution in [0.1, 0.15) is 0 Å². The highest BCUT2D eigenvalue weighted by molar-refractivity contribution is 9.10. The molecule has 0 fully saturated rings. The lowest BCUT2D eigenvalue weighted by atomic mass is 10.3. The Balaban J connectivity index is 3.40. The summed E-state index contributed by atoms with van der Waals surface area (Å²) < 4.78 is 26.8. The second kappa shape index (κ2) is 4.07. The molecule has 1 aromatic rings. The maximum atomic E-state index is 11.6. The Morgan fingerprint density at radius 1 is 1.33 bits per heavy atom. The number of guanidine groups is 1. The summed E-state index contributed by atoms with van der Waals surface area (Å²) in [4.78, 5) is -0.134. The number of nitrogens with zero attached hydrogens (tertiary/aromatic N) is 1. The Kier molecular flexibility index (Phi) is 3.20. The Morgan fingerprint density at radius 2 is 1.93 bits per heavy atom.